The van der Waals surface area contributed by atoms with Crippen LogP contribution in [0.3, 0.4) is 0 Å². The molecule has 120 valence electrons. The Bertz CT molecular complexity index is 546. The zero-order valence-corrected chi connectivity index (χ0v) is 15.0. The Morgan fingerprint density at radius 3 is 2.62 bits per heavy atom. The number of halogens is 1. The fourth-order valence-corrected chi connectivity index (χ4v) is 3.67. The van der Waals surface area contributed by atoms with Gasteiger partial charge in [0.25, 0.3) is 0 Å². The fraction of sp³-hybridized carbons (Fsp3) is 0.600. The number of nitrogens with two attached hydrogens (primary N) is 1. The number of rotatable bonds is 9. The fourth-order valence-electron chi connectivity index (χ4n) is 1.99. The lowest BCUT2D eigenvalue weighted by molar-refractivity contribution is 0.334. The highest BCUT2D eigenvalue weighted by Crippen LogP contribution is 2.30. The van der Waals surface area contributed by atoms with E-state index in [-0.39, 0.29) is 24.2 Å². The predicted molar refractivity (Wildman–Crippen MR) is 90.6 cm³/mol. The van der Waals surface area contributed by atoms with Crippen molar-refractivity contribution in [2.45, 2.75) is 39.2 Å². The molecule has 0 saturated carbocycles. The minimum Gasteiger partial charge on any atom is -0.491 e. The Labute approximate surface area is 136 Å². The molecular formula is C15H24BrNO3S. The molecule has 1 aromatic carbocycles. The summed E-state index contributed by atoms with van der Waals surface area (Å²) in [5, 5.41) is 0. The molecule has 0 spiro atoms. The minimum atomic E-state index is -3.02. The van der Waals surface area contributed by atoms with E-state index in [2.05, 4.69) is 15.9 Å². The molecule has 0 bridgehead atoms. The van der Waals surface area contributed by atoms with Crippen LogP contribution >= 0.6 is 15.9 Å². The zero-order chi connectivity index (χ0) is 15.9. The van der Waals surface area contributed by atoms with Crippen LogP contribution in [0.4, 0.5) is 0 Å². The topological polar surface area (TPSA) is 69.4 Å². The summed E-state index contributed by atoms with van der Waals surface area (Å²) < 4.78 is 29.9. The van der Waals surface area contributed by atoms with Gasteiger partial charge in [-0.2, -0.15) is 0 Å². The van der Waals surface area contributed by atoms with Crippen molar-refractivity contribution in [2.24, 2.45) is 5.73 Å². The van der Waals surface area contributed by atoms with Crippen LogP contribution in [0.1, 0.15) is 32.3 Å². The second-order valence-corrected chi connectivity index (χ2v) is 8.26. The van der Waals surface area contributed by atoms with Gasteiger partial charge in [0.15, 0.2) is 9.84 Å². The highest BCUT2D eigenvalue weighted by atomic mass is 79.9. The summed E-state index contributed by atoms with van der Waals surface area (Å²) >= 11 is 3.46. The average molecular weight is 378 g/mol. The molecule has 1 aromatic rings. The van der Waals surface area contributed by atoms with Gasteiger partial charge in [-0.1, -0.05) is 26.0 Å². The highest BCUT2D eigenvalue weighted by molar-refractivity contribution is 9.10. The number of hydrogen-bond donors (Lipinski definition) is 1. The lowest BCUT2D eigenvalue weighted by atomic mass is 10.0. The van der Waals surface area contributed by atoms with Gasteiger partial charge in [-0.15, -0.1) is 0 Å². The number of sulfone groups is 1. The lowest BCUT2D eigenvalue weighted by Crippen LogP contribution is -2.22. The molecule has 2 N–H and O–H groups in total. The van der Waals surface area contributed by atoms with Crippen molar-refractivity contribution >= 4 is 25.8 Å². The van der Waals surface area contributed by atoms with E-state index in [4.69, 9.17) is 10.5 Å². The molecule has 0 heterocycles. The highest BCUT2D eigenvalue weighted by Gasteiger charge is 2.14. The van der Waals surface area contributed by atoms with Crippen LogP contribution in [0.25, 0.3) is 0 Å². The van der Waals surface area contributed by atoms with Crippen LogP contribution in [0, 0.1) is 0 Å². The van der Waals surface area contributed by atoms with Gasteiger partial charge >= 0.3 is 0 Å². The average Bonchev–Trinajstić information content (AvgIpc) is 2.41. The normalized spacial score (nSPS) is 13.1. The molecule has 1 unspecified atom stereocenters. The summed E-state index contributed by atoms with van der Waals surface area (Å²) in [7, 11) is -3.02. The Balaban J connectivity index is 2.74. The molecule has 0 amide bonds. The second kappa shape index (κ2) is 8.76. The summed E-state index contributed by atoms with van der Waals surface area (Å²) in [6.45, 7) is 4.07. The maximum Gasteiger partial charge on any atom is 0.153 e. The molecular weight excluding hydrogens is 354 g/mol. The second-order valence-electron chi connectivity index (χ2n) is 5.10. The minimum absolute atomic E-state index is 0.0431. The molecule has 0 aliphatic heterocycles. The van der Waals surface area contributed by atoms with Crippen LogP contribution in [-0.2, 0) is 16.3 Å². The van der Waals surface area contributed by atoms with Crippen molar-refractivity contribution in [3.05, 3.63) is 28.2 Å². The third-order valence-electron chi connectivity index (χ3n) is 3.21. The summed E-state index contributed by atoms with van der Waals surface area (Å²) in [5.74, 6) is 0.953. The number of benzene rings is 1. The number of ether oxygens (including phenoxy) is 1. The molecule has 0 aromatic heterocycles. The Kier molecular flexibility index (Phi) is 7.70. The Hall–Kier alpha value is -0.590. The van der Waals surface area contributed by atoms with Gasteiger partial charge < -0.3 is 10.5 Å². The molecule has 1 rings (SSSR count). The first kappa shape index (κ1) is 18.5. The van der Waals surface area contributed by atoms with E-state index in [1.54, 1.807) is 0 Å². The van der Waals surface area contributed by atoms with E-state index in [1.807, 2.05) is 32.0 Å². The Morgan fingerprint density at radius 2 is 2.00 bits per heavy atom. The molecule has 0 radical (unpaired) electrons. The van der Waals surface area contributed by atoms with Crippen LogP contribution in [0.2, 0.25) is 0 Å². The maximum atomic E-state index is 11.7. The van der Waals surface area contributed by atoms with E-state index in [0.29, 0.717) is 18.6 Å². The van der Waals surface area contributed by atoms with Gasteiger partial charge in [-0.3, -0.25) is 0 Å². The molecule has 6 heteroatoms. The quantitative estimate of drug-likeness (QED) is 0.717. The monoisotopic (exact) mass is 377 g/mol. The van der Waals surface area contributed by atoms with Crippen LogP contribution in [-0.4, -0.2) is 32.6 Å². The third-order valence-corrected chi connectivity index (χ3v) is 5.65. The van der Waals surface area contributed by atoms with E-state index in [9.17, 15) is 8.42 Å². The van der Waals surface area contributed by atoms with E-state index in [1.165, 1.54) is 0 Å². The molecule has 1 atom stereocenters. The van der Waals surface area contributed by atoms with Gasteiger partial charge in [-0.25, -0.2) is 8.42 Å². The maximum absolute atomic E-state index is 11.7. The smallest absolute Gasteiger partial charge is 0.153 e. The van der Waals surface area contributed by atoms with Crippen molar-refractivity contribution in [3.63, 3.8) is 0 Å². The number of hydrogen-bond acceptors (Lipinski definition) is 4. The zero-order valence-electron chi connectivity index (χ0n) is 12.6. The first-order chi connectivity index (χ1) is 9.89. The molecule has 0 fully saturated rings. The summed E-state index contributed by atoms with van der Waals surface area (Å²) in [4.78, 5) is 0. The van der Waals surface area contributed by atoms with Crippen LogP contribution < -0.4 is 10.5 Å². The van der Waals surface area contributed by atoms with E-state index >= 15 is 0 Å². The largest absolute Gasteiger partial charge is 0.491 e. The van der Waals surface area contributed by atoms with Crippen molar-refractivity contribution in [2.75, 3.05) is 18.1 Å². The standard InChI is InChI=1S/C15H24BrNO3S/c1-3-9-21(18,19)10-8-20-15-12(11-13(17)4-2)6-5-7-14(15)16/h5-7,13H,3-4,8-11,17H2,1-2H3. The van der Waals surface area contributed by atoms with Crippen molar-refractivity contribution in [1.29, 1.82) is 0 Å². The molecule has 0 aliphatic carbocycles. The number of para-hydroxylation sites is 1. The van der Waals surface area contributed by atoms with E-state index < -0.39 is 9.84 Å². The van der Waals surface area contributed by atoms with Gasteiger partial charge in [0.05, 0.1) is 16.0 Å². The molecule has 21 heavy (non-hydrogen) atoms. The summed E-state index contributed by atoms with van der Waals surface area (Å²) in [6, 6.07) is 5.86. The predicted octanol–water partition coefficient (Wildman–Crippen LogP) is 2.93. The third kappa shape index (κ3) is 6.36. The van der Waals surface area contributed by atoms with Crippen LogP contribution in [0.15, 0.2) is 22.7 Å². The first-order valence-electron chi connectivity index (χ1n) is 7.25. The Morgan fingerprint density at radius 1 is 1.29 bits per heavy atom. The summed E-state index contributed by atoms with van der Waals surface area (Å²) in [6.07, 6.45) is 2.23. The van der Waals surface area contributed by atoms with Crippen molar-refractivity contribution < 1.29 is 13.2 Å². The molecule has 0 saturated heterocycles. The van der Waals surface area contributed by atoms with Gasteiger partial charge in [0.2, 0.25) is 0 Å². The molecule has 0 aliphatic rings. The SMILES string of the molecule is CCCS(=O)(=O)CCOc1c(Br)cccc1CC(N)CC. The lowest BCUT2D eigenvalue weighted by Gasteiger charge is -2.16. The van der Waals surface area contributed by atoms with E-state index in [0.717, 1.165) is 16.5 Å². The molecule has 4 nitrogen and oxygen atoms in total. The first-order valence-corrected chi connectivity index (χ1v) is 9.87. The van der Waals surface area contributed by atoms with Gasteiger partial charge in [-0.05, 0) is 46.8 Å². The van der Waals surface area contributed by atoms with Crippen LogP contribution in [0.5, 0.6) is 5.75 Å². The van der Waals surface area contributed by atoms with Gasteiger partial charge in [0, 0.05) is 6.04 Å². The van der Waals surface area contributed by atoms with Crippen molar-refractivity contribution in [3.8, 4) is 5.75 Å². The summed E-state index contributed by atoms with van der Waals surface area (Å²) in [5.41, 5.74) is 7.00. The van der Waals surface area contributed by atoms with Gasteiger partial charge in [0.1, 0.15) is 12.4 Å². The van der Waals surface area contributed by atoms with Crippen molar-refractivity contribution in [1.82, 2.24) is 0 Å².